The minimum Gasteiger partial charge on any atom is -0.329 e. The molecule has 1 fully saturated rings. The third-order valence-electron chi connectivity index (χ3n) is 3.65. The minimum absolute atomic E-state index is 0.0136. The second-order valence-corrected chi connectivity index (χ2v) is 7.31. The van der Waals surface area contributed by atoms with Gasteiger partial charge in [-0.15, -0.1) is 0 Å². The highest BCUT2D eigenvalue weighted by Crippen LogP contribution is 2.49. The molecule has 0 aromatic heterocycles. The molecule has 108 valence electrons. The summed E-state index contributed by atoms with van der Waals surface area (Å²) in [5.74, 6) is 0. The molecule has 0 heterocycles. The van der Waals surface area contributed by atoms with Crippen molar-refractivity contribution in [3.05, 3.63) is 0 Å². The molecule has 0 radical (unpaired) electrons. The van der Waals surface area contributed by atoms with Crippen molar-refractivity contribution in [1.29, 1.82) is 0 Å². The van der Waals surface area contributed by atoms with Gasteiger partial charge in [0.2, 0.25) is 0 Å². The van der Waals surface area contributed by atoms with Crippen molar-refractivity contribution in [2.45, 2.75) is 58.7 Å². The third-order valence-corrected chi connectivity index (χ3v) is 3.65. The maximum atomic E-state index is 12.4. The van der Waals surface area contributed by atoms with E-state index in [-0.39, 0.29) is 17.4 Å². The molecule has 2 nitrogen and oxygen atoms in total. The van der Waals surface area contributed by atoms with Crippen LogP contribution in [0.3, 0.4) is 0 Å². The van der Waals surface area contributed by atoms with Crippen LogP contribution in [0, 0.1) is 10.8 Å². The van der Waals surface area contributed by atoms with Gasteiger partial charge in [0.15, 0.2) is 0 Å². The molecule has 1 saturated carbocycles. The molecule has 1 aliphatic rings. The molecule has 0 unspecified atom stereocenters. The van der Waals surface area contributed by atoms with Crippen LogP contribution in [0.25, 0.3) is 0 Å². The molecular formula is C13H25F3N2. The first-order valence-corrected chi connectivity index (χ1v) is 6.41. The van der Waals surface area contributed by atoms with Crippen molar-refractivity contribution in [2.24, 2.45) is 16.6 Å². The Hall–Kier alpha value is -0.290. The summed E-state index contributed by atoms with van der Waals surface area (Å²) in [6.45, 7) is 7.70. The number of halogens is 3. The zero-order chi connectivity index (χ0) is 14.2. The predicted octanol–water partition coefficient (Wildman–Crippen LogP) is 3.07. The maximum absolute atomic E-state index is 12.4. The van der Waals surface area contributed by atoms with E-state index >= 15 is 0 Å². The van der Waals surface area contributed by atoms with Crippen molar-refractivity contribution >= 4 is 0 Å². The van der Waals surface area contributed by atoms with Crippen LogP contribution in [0.1, 0.15) is 47.0 Å². The molecule has 0 atom stereocenters. The quantitative estimate of drug-likeness (QED) is 0.824. The van der Waals surface area contributed by atoms with Crippen LogP contribution >= 0.6 is 0 Å². The van der Waals surface area contributed by atoms with E-state index in [1.54, 1.807) is 0 Å². The molecule has 1 rings (SSSR count). The molecule has 0 saturated heterocycles. The van der Waals surface area contributed by atoms with Gasteiger partial charge in [-0.3, -0.25) is 0 Å². The topological polar surface area (TPSA) is 38.0 Å². The lowest BCUT2D eigenvalue weighted by Crippen LogP contribution is -2.60. The fraction of sp³-hybridized carbons (Fsp3) is 1.00. The molecule has 3 N–H and O–H groups in total. The van der Waals surface area contributed by atoms with Gasteiger partial charge in [-0.05, 0) is 30.1 Å². The van der Waals surface area contributed by atoms with Gasteiger partial charge in [0.1, 0.15) is 0 Å². The largest absolute Gasteiger partial charge is 0.401 e. The molecule has 0 bridgehead atoms. The summed E-state index contributed by atoms with van der Waals surface area (Å²) in [6.07, 6.45) is -1.80. The average Bonchev–Trinajstić information content (AvgIpc) is 2.09. The summed E-state index contributed by atoms with van der Waals surface area (Å²) in [5.41, 5.74) is 5.21. The van der Waals surface area contributed by atoms with E-state index in [9.17, 15) is 13.2 Å². The van der Waals surface area contributed by atoms with Gasteiger partial charge in [-0.1, -0.05) is 27.7 Å². The van der Waals surface area contributed by atoms with Crippen LogP contribution in [0.15, 0.2) is 0 Å². The standard InChI is InChI=1S/C13H25F3N2/c1-10(2)5-11(3,4)7-12(6-10,8-17)18-9-13(14,15)16/h18H,5-9,17H2,1-4H3. The molecule has 0 aromatic carbocycles. The van der Waals surface area contributed by atoms with E-state index < -0.39 is 18.3 Å². The Labute approximate surface area is 107 Å². The summed E-state index contributed by atoms with van der Waals surface area (Å²) in [6, 6.07) is 0. The molecule has 0 spiro atoms. The highest BCUT2D eigenvalue weighted by atomic mass is 19.4. The molecule has 0 amide bonds. The summed E-state index contributed by atoms with van der Waals surface area (Å²) in [5, 5.41) is 2.69. The summed E-state index contributed by atoms with van der Waals surface area (Å²) in [7, 11) is 0. The van der Waals surface area contributed by atoms with E-state index in [1.165, 1.54) is 0 Å². The number of alkyl halides is 3. The number of hydrogen-bond donors (Lipinski definition) is 2. The minimum atomic E-state index is -4.19. The van der Waals surface area contributed by atoms with Crippen LogP contribution in [0.5, 0.6) is 0 Å². The smallest absolute Gasteiger partial charge is 0.329 e. The second-order valence-electron chi connectivity index (χ2n) is 7.31. The number of rotatable bonds is 3. The van der Waals surface area contributed by atoms with E-state index in [4.69, 9.17) is 5.73 Å². The molecule has 0 aliphatic heterocycles. The fourth-order valence-electron chi connectivity index (χ4n) is 3.94. The SMILES string of the molecule is CC1(C)CC(C)(C)CC(CN)(NCC(F)(F)F)C1. The van der Waals surface area contributed by atoms with Crippen molar-refractivity contribution in [3.8, 4) is 0 Å². The van der Waals surface area contributed by atoms with Crippen LogP contribution < -0.4 is 11.1 Å². The van der Waals surface area contributed by atoms with Crippen molar-refractivity contribution in [2.75, 3.05) is 13.1 Å². The normalized spacial score (nSPS) is 26.0. The Kier molecular flexibility index (Phi) is 4.09. The van der Waals surface area contributed by atoms with Gasteiger partial charge in [0.05, 0.1) is 6.54 Å². The molecule has 18 heavy (non-hydrogen) atoms. The summed E-state index contributed by atoms with van der Waals surface area (Å²) in [4.78, 5) is 0. The first-order chi connectivity index (χ1) is 7.89. The highest BCUT2D eigenvalue weighted by molar-refractivity contribution is 5.03. The van der Waals surface area contributed by atoms with Crippen molar-refractivity contribution in [3.63, 3.8) is 0 Å². The predicted molar refractivity (Wildman–Crippen MR) is 67.3 cm³/mol. The van der Waals surface area contributed by atoms with Gasteiger partial charge < -0.3 is 11.1 Å². The Balaban J connectivity index is 2.85. The molecule has 5 heteroatoms. The Morgan fingerprint density at radius 1 is 1.00 bits per heavy atom. The number of nitrogens with two attached hydrogens (primary N) is 1. The third kappa shape index (κ3) is 4.43. The van der Waals surface area contributed by atoms with Gasteiger partial charge in [0.25, 0.3) is 0 Å². The number of hydrogen-bond acceptors (Lipinski definition) is 2. The average molecular weight is 266 g/mol. The fourth-order valence-corrected chi connectivity index (χ4v) is 3.94. The van der Waals surface area contributed by atoms with Gasteiger partial charge in [-0.2, -0.15) is 13.2 Å². The molecular weight excluding hydrogens is 241 g/mol. The second kappa shape index (κ2) is 4.67. The maximum Gasteiger partial charge on any atom is 0.401 e. The Bertz CT molecular complexity index is 279. The van der Waals surface area contributed by atoms with Crippen LogP contribution in [0.4, 0.5) is 13.2 Å². The summed E-state index contributed by atoms with van der Waals surface area (Å²) >= 11 is 0. The Morgan fingerprint density at radius 3 is 1.78 bits per heavy atom. The van der Waals surface area contributed by atoms with Crippen LogP contribution in [-0.2, 0) is 0 Å². The van der Waals surface area contributed by atoms with Crippen molar-refractivity contribution in [1.82, 2.24) is 5.32 Å². The van der Waals surface area contributed by atoms with E-state index in [1.807, 2.05) is 0 Å². The first-order valence-electron chi connectivity index (χ1n) is 6.41. The summed E-state index contributed by atoms with van der Waals surface area (Å²) < 4.78 is 37.2. The van der Waals surface area contributed by atoms with Crippen molar-refractivity contribution < 1.29 is 13.2 Å². The zero-order valence-corrected chi connectivity index (χ0v) is 11.7. The molecule has 1 aliphatic carbocycles. The number of nitrogens with one attached hydrogen (secondary N) is 1. The van der Waals surface area contributed by atoms with E-state index in [0.29, 0.717) is 12.8 Å². The van der Waals surface area contributed by atoms with Gasteiger partial charge in [0, 0.05) is 12.1 Å². The zero-order valence-electron chi connectivity index (χ0n) is 11.7. The van der Waals surface area contributed by atoms with Crippen LogP contribution in [-0.4, -0.2) is 24.8 Å². The lowest BCUT2D eigenvalue weighted by atomic mass is 9.58. The molecule has 0 aromatic rings. The van der Waals surface area contributed by atoms with Gasteiger partial charge in [-0.25, -0.2) is 0 Å². The van der Waals surface area contributed by atoms with Crippen LogP contribution in [0.2, 0.25) is 0 Å². The Morgan fingerprint density at radius 2 is 1.44 bits per heavy atom. The monoisotopic (exact) mass is 266 g/mol. The van der Waals surface area contributed by atoms with E-state index in [0.717, 1.165) is 6.42 Å². The first kappa shape index (κ1) is 15.8. The lowest BCUT2D eigenvalue weighted by Gasteiger charge is -2.52. The highest BCUT2D eigenvalue weighted by Gasteiger charge is 2.47. The van der Waals surface area contributed by atoms with Gasteiger partial charge >= 0.3 is 6.18 Å². The lowest BCUT2D eigenvalue weighted by molar-refractivity contribution is -0.132. The van der Waals surface area contributed by atoms with E-state index in [2.05, 4.69) is 33.0 Å².